The van der Waals surface area contributed by atoms with Crippen molar-refractivity contribution in [1.82, 2.24) is 0 Å². The van der Waals surface area contributed by atoms with Crippen molar-refractivity contribution in [1.29, 1.82) is 0 Å². The predicted octanol–water partition coefficient (Wildman–Crippen LogP) is 8.35. The number of benzene rings is 4. The molecule has 0 fully saturated rings. The monoisotopic (exact) mass is 608 g/mol. The van der Waals surface area contributed by atoms with E-state index in [1.165, 1.54) is 0 Å². The van der Waals surface area contributed by atoms with Crippen LogP contribution in [0.4, 0.5) is 0 Å². The van der Waals surface area contributed by atoms with Crippen LogP contribution in [-0.4, -0.2) is 8.42 Å². The van der Waals surface area contributed by atoms with Crippen LogP contribution in [0.25, 0.3) is 10.5 Å². The molecule has 0 aliphatic heterocycles. The minimum atomic E-state index is -3.88. The number of halogens is 1. The number of hydrogen-bond donors (Lipinski definition) is 0. The molecule has 0 saturated carbocycles. The Morgan fingerprint density at radius 3 is 1.83 bits per heavy atom. The molecule has 0 aliphatic carbocycles. The summed E-state index contributed by atoms with van der Waals surface area (Å²) in [6, 6.07) is 32.9. The molecule has 0 amide bonds. The van der Waals surface area contributed by atoms with Crippen molar-refractivity contribution in [3.8, 4) is 11.5 Å². The molecule has 1 N–H and O–H groups in total. The molecule has 0 saturated heterocycles. The van der Waals surface area contributed by atoms with Crippen LogP contribution in [0, 0.1) is 7.43 Å². The first-order valence-corrected chi connectivity index (χ1v) is 14.6. The largest absolute Gasteiger partial charge is 0.672 e. The van der Waals surface area contributed by atoms with Crippen LogP contribution in [0.2, 0.25) is 0 Å². The van der Waals surface area contributed by atoms with Gasteiger partial charge in [-0.1, -0.05) is 102 Å². The third kappa shape index (κ3) is 8.84. The van der Waals surface area contributed by atoms with Crippen molar-refractivity contribution in [2.24, 2.45) is 0 Å². The van der Waals surface area contributed by atoms with Crippen molar-refractivity contribution in [2.75, 3.05) is 0 Å². The van der Waals surface area contributed by atoms with Crippen molar-refractivity contribution in [3.05, 3.63) is 150 Å². The Labute approximate surface area is 228 Å². The third-order valence-electron chi connectivity index (χ3n) is 5.12. The first-order chi connectivity index (χ1) is 17.0. The van der Waals surface area contributed by atoms with Gasteiger partial charge >= 0.3 is 27.0 Å². The zero-order chi connectivity index (χ0) is 25.1. The van der Waals surface area contributed by atoms with E-state index in [9.17, 15) is 8.42 Å². The second kappa shape index (κ2) is 14.9. The van der Waals surface area contributed by atoms with Gasteiger partial charge in [0.15, 0.2) is 0 Å². The molecule has 0 radical (unpaired) electrons. The average Bonchev–Trinajstić information content (AvgIpc) is 2.90. The summed E-state index contributed by atoms with van der Waals surface area (Å²) >= 11 is 1.82. The van der Waals surface area contributed by atoms with Crippen LogP contribution in [0.5, 0.6) is 11.5 Å². The quantitative estimate of drug-likeness (QED) is 0.142. The van der Waals surface area contributed by atoms with E-state index < -0.39 is 22.1 Å². The molecule has 8 heteroatoms. The van der Waals surface area contributed by atoms with Gasteiger partial charge in [0.05, 0.1) is 15.8 Å². The molecule has 188 valence electrons. The molecule has 0 heterocycles. The summed E-state index contributed by atoms with van der Waals surface area (Å²) in [7, 11) is 0.694. The third-order valence-corrected chi connectivity index (χ3v) is 6.36. The van der Waals surface area contributed by atoms with Gasteiger partial charge in [0.25, 0.3) is 0 Å². The molecule has 4 rings (SSSR count). The number of rotatable bonds is 9. The Kier molecular flexibility index (Phi) is 12.3. The zero-order valence-corrected chi connectivity index (χ0v) is 23.0. The fourth-order valence-corrected chi connectivity index (χ4v) is 4.82. The summed E-state index contributed by atoms with van der Waals surface area (Å²) in [4.78, 5) is 0. The van der Waals surface area contributed by atoms with Crippen LogP contribution in [-0.2, 0) is 33.1 Å². The maximum absolute atomic E-state index is 13.1. The van der Waals surface area contributed by atoms with E-state index in [1.54, 1.807) is 24.3 Å². The van der Waals surface area contributed by atoms with Crippen molar-refractivity contribution in [2.45, 2.75) is 17.8 Å². The van der Waals surface area contributed by atoms with E-state index in [1.807, 2.05) is 108 Å². The van der Waals surface area contributed by atoms with Gasteiger partial charge in [-0.2, -0.15) is 0 Å². The summed E-state index contributed by atoms with van der Waals surface area (Å²) in [5, 5.41) is 0. The van der Waals surface area contributed by atoms with Gasteiger partial charge in [-0.25, -0.2) is 8.42 Å². The van der Waals surface area contributed by atoms with E-state index in [-0.39, 0.29) is 13.2 Å². The smallest absolute Gasteiger partial charge is 0.127 e. The zero-order valence-electron chi connectivity index (χ0n) is 19.6. The minimum absolute atomic E-state index is 0. The van der Waals surface area contributed by atoms with Gasteiger partial charge in [-0.3, -0.25) is 0 Å². The van der Waals surface area contributed by atoms with Crippen LogP contribution in [0.3, 0.4) is 0 Å². The second-order valence-corrected chi connectivity index (χ2v) is 9.30. The minimum Gasteiger partial charge on any atom is -0.672 e. The Morgan fingerprint density at radius 2 is 1.25 bits per heavy atom. The normalized spacial score (nSPS) is 12.3. The van der Waals surface area contributed by atoms with Gasteiger partial charge < -0.3 is 22.6 Å². The topological polar surface area (TPSA) is 81.3 Å². The Morgan fingerprint density at radius 1 is 0.750 bits per heavy atom. The van der Waals surface area contributed by atoms with E-state index in [0.717, 1.165) is 0 Å². The number of ether oxygens (including phenoxy) is 1. The number of para-hydroxylation sites is 1. The number of nitrogens with one attached hydrogen (secondary N) is 1. The molecule has 4 aromatic carbocycles. The molecule has 0 aromatic heterocycles. The van der Waals surface area contributed by atoms with Gasteiger partial charge in [-0.15, -0.1) is 12.1 Å². The van der Waals surface area contributed by atoms with Gasteiger partial charge in [0, 0.05) is 0 Å². The summed E-state index contributed by atoms with van der Waals surface area (Å²) in [5.74, 6) is 0.950. The van der Waals surface area contributed by atoms with Crippen molar-refractivity contribution >= 4 is 19.7 Å². The van der Waals surface area contributed by atoms with E-state index in [0.29, 0.717) is 28.2 Å². The molecule has 5 nitrogen and oxygen atoms in total. The van der Waals surface area contributed by atoms with Crippen molar-refractivity contribution in [3.63, 3.8) is 0 Å². The number of hydrogen-bond acceptors (Lipinski definition) is 3. The second-order valence-electron chi connectivity index (χ2n) is 7.64. The Hall–Kier alpha value is -2.54. The predicted molar refractivity (Wildman–Crippen MR) is 144 cm³/mol. The Balaban J connectivity index is 0.00000148. The first kappa shape index (κ1) is 29.7. The number of sulfonamides is 1. The molecular formula is C28H27ClN2O3RuS. The van der Waals surface area contributed by atoms with E-state index in [4.69, 9.17) is 10.5 Å². The molecule has 36 heavy (non-hydrogen) atoms. The summed E-state index contributed by atoms with van der Waals surface area (Å²) in [6.45, 7) is 0. The Bertz CT molecular complexity index is 1280. The maximum atomic E-state index is 13.1. The van der Waals surface area contributed by atoms with Crippen LogP contribution in [0.15, 0.2) is 115 Å². The van der Waals surface area contributed by atoms with Crippen LogP contribution in [0.1, 0.15) is 28.8 Å². The molecule has 4 aromatic rings. The molecule has 2 atom stereocenters. The van der Waals surface area contributed by atoms with Gasteiger partial charge in [0.2, 0.25) is 0 Å². The molecule has 0 bridgehead atoms. The van der Waals surface area contributed by atoms with E-state index >= 15 is 0 Å². The standard InChI is InChI=1S/C27H24N2O3S.CH3.ClH.Ru/c28-26(22-12-4-1-5-13-22)27(23-14-6-2-7-15-23)29-33(30,31)20-21-11-10-18-25(19-21)32-24-16-8-3-9-17-24;;;/h1-19,26-28H,20H2;1H3;1H;/q-2;-1;;+4/p-1. The molecule has 0 spiro atoms. The van der Waals surface area contributed by atoms with E-state index in [2.05, 4.69) is 14.4 Å². The summed E-state index contributed by atoms with van der Waals surface area (Å²) in [6.07, 6.45) is 0. The fourth-order valence-electron chi connectivity index (χ4n) is 3.55. The maximum Gasteiger partial charge on any atom is 0.127 e. The average molecular weight is 608 g/mol. The summed E-state index contributed by atoms with van der Waals surface area (Å²) in [5.41, 5.74) is 10.7. The van der Waals surface area contributed by atoms with Crippen LogP contribution < -0.4 is 4.74 Å². The summed E-state index contributed by atoms with van der Waals surface area (Å²) < 4.78 is 36.2. The SMILES string of the molecule is [CH3-].[Cl][Ru+3].[NH-]C(c1ccccc1)C([N-]S(=O)(=O)Cc1cccc(Oc2ccccc2)c1)c1ccccc1. The molecule has 0 aliphatic rings. The van der Waals surface area contributed by atoms with Gasteiger partial charge in [0.1, 0.15) is 11.5 Å². The van der Waals surface area contributed by atoms with Crippen LogP contribution >= 0.6 is 9.69 Å². The first-order valence-electron chi connectivity index (χ1n) is 10.7. The van der Waals surface area contributed by atoms with Gasteiger partial charge in [-0.05, 0) is 29.8 Å². The van der Waals surface area contributed by atoms with Crippen molar-refractivity contribution < 1.29 is 30.5 Å². The fraction of sp³-hybridized carbons (Fsp3) is 0.107. The molecule has 2 unspecified atom stereocenters. The number of nitrogens with zero attached hydrogens (tertiary/aromatic N) is 1. The molecular weight excluding hydrogens is 581 g/mol.